The summed E-state index contributed by atoms with van der Waals surface area (Å²) < 4.78 is 31.4. The topological polar surface area (TPSA) is 44.1 Å². The molecule has 4 nitrogen and oxygen atoms in total. The lowest BCUT2D eigenvalue weighted by Crippen LogP contribution is -2.15. The van der Waals surface area contributed by atoms with E-state index in [1.807, 2.05) is 0 Å². The summed E-state index contributed by atoms with van der Waals surface area (Å²) in [7, 11) is 0. The molecule has 1 heterocycles. The van der Waals surface area contributed by atoms with Gasteiger partial charge in [-0.1, -0.05) is 0 Å². The van der Waals surface area contributed by atoms with Crippen LogP contribution in [0.5, 0.6) is 0 Å². The van der Waals surface area contributed by atoms with E-state index in [2.05, 4.69) is 21.0 Å². The van der Waals surface area contributed by atoms with E-state index in [0.29, 0.717) is 10.4 Å². The summed E-state index contributed by atoms with van der Waals surface area (Å²) in [6, 6.07) is 0. The van der Waals surface area contributed by atoms with Crippen molar-refractivity contribution in [2.45, 2.75) is 30.6 Å². The Hall–Kier alpha value is -0.980. The minimum absolute atomic E-state index is 0.102. The van der Waals surface area contributed by atoms with Gasteiger partial charge < -0.3 is 4.74 Å². The summed E-state index contributed by atoms with van der Waals surface area (Å²) in [6.07, 6.45) is 2.77. The van der Waals surface area contributed by atoms with Crippen molar-refractivity contribution in [1.82, 2.24) is 9.78 Å². The smallest absolute Gasteiger partial charge is 0.401 e. The monoisotopic (exact) mass is 308 g/mol. The minimum atomic E-state index is -3.29. The summed E-state index contributed by atoms with van der Waals surface area (Å²) in [5.74, 6) is -0.497. The van der Waals surface area contributed by atoms with Gasteiger partial charge in [0.15, 0.2) is 0 Å². The third-order valence-electron chi connectivity index (χ3n) is 2.46. The van der Waals surface area contributed by atoms with Crippen LogP contribution in [0.1, 0.15) is 41.7 Å². The van der Waals surface area contributed by atoms with Crippen molar-refractivity contribution < 1.29 is 18.3 Å². The largest absolute Gasteiger partial charge is 0.462 e. The van der Waals surface area contributed by atoms with Crippen molar-refractivity contribution >= 4 is 21.9 Å². The molecule has 0 saturated heterocycles. The molecule has 1 aliphatic rings. The molecule has 1 saturated carbocycles. The molecule has 0 unspecified atom stereocenters. The average Bonchev–Trinajstić information content (AvgIpc) is 2.95. The normalized spacial score (nSPS) is 16.0. The molecule has 0 radical (unpaired) electrons. The lowest BCUT2D eigenvalue weighted by atomic mass is 10.2. The van der Waals surface area contributed by atoms with Gasteiger partial charge in [-0.05, 0) is 19.8 Å². The molecule has 17 heavy (non-hydrogen) atoms. The number of halogens is 3. The van der Waals surface area contributed by atoms with Crippen LogP contribution in [-0.2, 0) is 9.69 Å². The minimum Gasteiger partial charge on any atom is -0.462 e. The molecule has 0 N–H and O–H groups in total. The number of esters is 1. The highest BCUT2D eigenvalue weighted by Crippen LogP contribution is 2.42. The van der Waals surface area contributed by atoms with Crippen molar-refractivity contribution in [3.05, 3.63) is 17.5 Å². The first-order valence-corrected chi connectivity index (χ1v) is 6.06. The van der Waals surface area contributed by atoms with Crippen LogP contribution in [-0.4, -0.2) is 22.4 Å². The van der Waals surface area contributed by atoms with Crippen LogP contribution in [0.15, 0.2) is 6.20 Å². The maximum Gasteiger partial charge on any atom is 0.401 e. The molecule has 0 aliphatic heterocycles. The van der Waals surface area contributed by atoms with Crippen LogP contribution in [0.4, 0.5) is 8.78 Å². The highest BCUT2D eigenvalue weighted by molar-refractivity contribution is 9.09. The molecular formula is C10H11BrF2N2O2. The molecule has 1 fully saturated rings. The molecule has 0 atom stereocenters. The number of nitrogens with zero attached hydrogens (tertiary/aromatic N) is 2. The second-order valence-corrected chi connectivity index (χ2v) is 4.79. The summed E-state index contributed by atoms with van der Waals surface area (Å²) in [5.41, 5.74) is 0.538. The third-order valence-corrected chi connectivity index (χ3v) is 2.83. The van der Waals surface area contributed by atoms with Gasteiger partial charge in [0.25, 0.3) is 0 Å². The van der Waals surface area contributed by atoms with Crippen LogP contribution in [0.3, 0.4) is 0 Å². The number of hydrogen-bond donors (Lipinski definition) is 0. The fraction of sp³-hybridized carbons (Fsp3) is 0.600. The molecule has 0 spiro atoms. The number of hydrogen-bond acceptors (Lipinski definition) is 3. The fourth-order valence-electron chi connectivity index (χ4n) is 1.54. The molecule has 1 aliphatic carbocycles. The van der Waals surface area contributed by atoms with E-state index in [1.165, 1.54) is 0 Å². The molecule has 0 bridgehead atoms. The Labute approximate surface area is 105 Å². The first-order valence-electron chi connectivity index (χ1n) is 5.27. The van der Waals surface area contributed by atoms with Crippen molar-refractivity contribution in [2.24, 2.45) is 0 Å². The van der Waals surface area contributed by atoms with Gasteiger partial charge in [-0.25, -0.2) is 4.79 Å². The van der Waals surface area contributed by atoms with Gasteiger partial charge >= 0.3 is 10.9 Å². The molecule has 0 amide bonds. The first kappa shape index (κ1) is 12.5. The maximum atomic E-state index is 13.0. The van der Waals surface area contributed by atoms with E-state index in [1.54, 1.807) is 6.92 Å². The van der Waals surface area contributed by atoms with Gasteiger partial charge in [0.05, 0.1) is 12.3 Å². The Bertz CT molecular complexity index is 438. The fourth-order valence-corrected chi connectivity index (χ4v) is 1.72. The Morgan fingerprint density at radius 3 is 2.82 bits per heavy atom. The molecule has 0 aromatic carbocycles. The lowest BCUT2D eigenvalue weighted by molar-refractivity contribution is 0.0195. The van der Waals surface area contributed by atoms with Gasteiger partial charge in [-0.2, -0.15) is 18.6 Å². The Balaban J connectivity index is 2.35. The maximum absolute atomic E-state index is 13.0. The van der Waals surface area contributed by atoms with Crippen LogP contribution in [0.25, 0.3) is 0 Å². The van der Waals surface area contributed by atoms with Crippen molar-refractivity contribution in [1.29, 1.82) is 0 Å². The molecule has 7 heteroatoms. The van der Waals surface area contributed by atoms with Crippen LogP contribution in [0, 0.1) is 0 Å². The predicted molar refractivity (Wildman–Crippen MR) is 59.3 cm³/mol. The van der Waals surface area contributed by atoms with E-state index in [-0.39, 0.29) is 18.1 Å². The van der Waals surface area contributed by atoms with E-state index in [4.69, 9.17) is 4.74 Å². The standard InChI is InChI=1S/C10H11BrF2N2O2/c1-2-17-9(16)7-5-15(10(11,12)13)14-8(7)6-3-4-6/h5-6H,2-4H2,1H3. The Morgan fingerprint density at radius 1 is 1.71 bits per heavy atom. The Morgan fingerprint density at radius 2 is 2.35 bits per heavy atom. The van der Waals surface area contributed by atoms with Gasteiger partial charge in [0.2, 0.25) is 0 Å². The highest BCUT2D eigenvalue weighted by Gasteiger charge is 2.36. The van der Waals surface area contributed by atoms with Gasteiger partial charge in [-0.3, -0.25) is 0 Å². The second kappa shape index (κ2) is 4.36. The predicted octanol–water partition coefficient (Wildman–Crippen LogP) is 2.84. The molecule has 94 valence electrons. The summed E-state index contributed by atoms with van der Waals surface area (Å²) in [4.78, 5) is 8.31. The second-order valence-electron chi connectivity index (χ2n) is 3.84. The van der Waals surface area contributed by atoms with Gasteiger partial charge in [0, 0.05) is 28.0 Å². The zero-order chi connectivity index (χ0) is 12.6. The van der Waals surface area contributed by atoms with Crippen molar-refractivity contribution in [3.63, 3.8) is 0 Å². The number of rotatable bonds is 4. The number of ether oxygens (including phenoxy) is 1. The van der Waals surface area contributed by atoms with Crippen molar-refractivity contribution in [3.8, 4) is 0 Å². The van der Waals surface area contributed by atoms with E-state index < -0.39 is 10.9 Å². The number of carbonyl (C=O) groups is 1. The average molecular weight is 309 g/mol. The third kappa shape index (κ3) is 2.65. The number of alkyl halides is 3. The zero-order valence-electron chi connectivity index (χ0n) is 9.12. The zero-order valence-corrected chi connectivity index (χ0v) is 10.7. The SMILES string of the molecule is CCOC(=O)c1cn(C(F)(F)Br)nc1C1CC1. The van der Waals surface area contributed by atoms with Gasteiger partial charge in [-0.15, -0.1) is 0 Å². The summed E-state index contributed by atoms with van der Waals surface area (Å²) in [5, 5.41) is 3.77. The van der Waals surface area contributed by atoms with Gasteiger partial charge in [0.1, 0.15) is 5.56 Å². The van der Waals surface area contributed by atoms with E-state index >= 15 is 0 Å². The summed E-state index contributed by atoms with van der Waals surface area (Å²) >= 11 is 2.21. The number of aromatic nitrogens is 2. The first-order chi connectivity index (χ1) is 7.93. The summed E-state index contributed by atoms with van der Waals surface area (Å²) in [6.45, 7) is 1.87. The van der Waals surface area contributed by atoms with E-state index in [0.717, 1.165) is 19.0 Å². The molecular weight excluding hydrogens is 298 g/mol. The quantitative estimate of drug-likeness (QED) is 0.634. The lowest BCUT2D eigenvalue weighted by Gasteiger charge is -2.06. The van der Waals surface area contributed by atoms with Crippen molar-refractivity contribution in [2.75, 3.05) is 6.61 Å². The molecule has 1 aromatic heterocycles. The van der Waals surface area contributed by atoms with Crippen LogP contribution < -0.4 is 0 Å². The number of carbonyl (C=O) groups excluding carboxylic acids is 1. The van der Waals surface area contributed by atoms with Crippen LogP contribution >= 0.6 is 15.9 Å². The van der Waals surface area contributed by atoms with E-state index in [9.17, 15) is 13.6 Å². The molecule has 2 rings (SSSR count). The highest BCUT2D eigenvalue weighted by atomic mass is 79.9. The Kier molecular flexibility index (Phi) is 3.20. The molecule has 1 aromatic rings. The van der Waals surface area contributed by atoms with Crippen LogP contribution in [0.2, 0.25) is 0 Å².